The molecule has 0 spiro atoms. The first-order valence-corrected chi connectivity index (χ1v) is 6.84. The van der Waals surface area contributed by atoms with Crippen LogP contribution in [0.1, 0.15) is 30.7 Å². The third kappa shape index (κ3) is 2.54. The van der Waals surface area contributed by atoms with Crippen LogP contribution in [0.4, 0.5) is 0 Å². The highest BCUT2D eigenvalue weighted by molar-refractivity contribution is 9.10. The van der Waals surface area contributed by atoms with Gasteiger partial charge in [0.05, 0.1) is 12.5 Å². The summed E-state index contributed by atoms with van der Waals surface area (Å²) < 4.78 is 6.42. The number of hydrogen-bond donors (Lipinski definition) is 0. The maximum absolute atomic E-state index is 6.55. The zero-order valence-electron chi connectivity index (χ0n) is 9.54. The number of rotatable bonds is 4. The standard InChI is InChI=1S/C13H16BrClO/c1-8(9-3-4-9)13(15)11-7-10(14)5-6-12(11)16-2/h5-9,13H,3-4H2,1-2H3. The van der Waals surface area contributed by atoms with Crippen molar-refractivity contribution in [1.82, 2.24) is 0 Å². The molecule has 0 heterocycles. The Morgan fingerprint density at radius 2 is 2.12 bits per heavy atom. The quantitative estimate of drug-likeness (QED) is 0.727. The third-order valence-electron chi connectivity index (χ3n) is 3.32. The first-order chi connectivity index (χ1) is 7.63. The minimum Gasteiger partial charge on any atom is -0.496 e. The molecule has 0 aliphatic heterocycles. The van der Waals surface area contributed by atoms with Gasteiger partial charge in [-0.2, -0.15) is 0 Å². The van der Waals surface area contributed by atoms with Gasteiger partial charge in [0.1, 0.15) is 5.75 Å². The van der Waals surface area contributed by atoms with E-state index in [-0.39, 0.29) is 5.38 Å². The van der Waals surface area contributed by atoms with Crippen molar-refractivity contribution in [3.05, 3.63) is 28.2 Å². The summed E-state index contributed by atoms with van der Waals surface area (Å²) in [6, 6.07) is 6.01. The van der Waals surface area contributed by atoms with Crippen molar-refractivity contribution >= 4 is 27.5 Å². The minimum atomic E-state index is 0.0416. The summed E-state index contributed by atoms with van der Waals surface area (Å²) in [5, 5.41) is 0.0416. The van der Waals surface area contributed by atoms with E-state index >= 15 is 0 Å². The molecule has 88 valence electrons. The molecular weight excluding hydrogens is 287 g/mol. The molecule has 2 rings (SSSR count). The molecule has 0 saturated heterocycles. The first-order valence-electron chi connectivity index (χ1n) is 5.61. The number of methoxy groups -OCH3 is 1. The lowest BCUT2D eigenvalue weighted by Crippen LogP contribution is -2.07. The molecule has 1 aliphatic carbocycles. The van der Waals surface area contributed by atoms with E-state index in [4.69, 9.17) is 16.3 Å². The zero-order chi connectivity index (χ0) is 11.7. The number of ether oxygens (including phenoxy) is 1. The molecule has 16 heavy (non-hydrogen) atoms. The molecule has 1 aromatic rings. The second-order valence-corrected chi connectivity index (χ2v) is 5.87. The summed E-state index contributed by atoms with van der Waals surface area (Å²) in [5.74, 6) is 2.20. The summed E-state index contributed by atoms with van der Waals surface area (Å²) in [5.41, 5.74) is 1.10. The maximum atomic E-state index is 6.55. The molecular formula is C13H16BrClO. The van der Waals surface area contributed by atoms with E-state index in [0.717, 1.165) is 21.7 Å². The van der Waals surface area contributed by atoms with E-state index in [2.05, 4.69) is 28.9 Å². The lowest BCUT2D eigenvalue weighted by molar-refractivity contribution is 0.399. The van der Waals surface area contributed by atoms with Crippen molar-refractivity contribution < 1.29 is 4.74 Å². The molecule has 0 radical (unpaired) electrons. The fraction of sp³-hybridized carbons (Fsp3) is 0.538. The van der Waals surface area contributed by atoms with Gasteiger partial charge >= 0.3 is 0 Å². The smallest absolute Gasteiger partial charge is 0.123 e. The second-order valence-electron chi connectivity index (χ2n) is 4.48. The Hall–Kier alpha value is -0.210. The molecule has 3 heteroatoms. The van der Waals surface area contributed by atoms with Crippen LogP contribution in [-0.2, 0) is 0 Å². The Kier molecular flexibility index (Phi) is 3.81. The maximum Gasteiger partial charge on any atom is 0.123 e. The normalized spacial score (nSPS) is 19.2. The van der Waals surface area contributed by atoms with Gasteiger partial charge in [0, 0.05) is 10.0 Å². The zero-order valence-corrected chi connectivity index (χ0v) is 11.9. The molecule has 1 aromatic carbocycles. The van der Waals surface area contributed by atoms with Crippen LogP contribution in [0, 0.1) is 11.8 Å². The Bertz CT molecular complexity index is 376. The van der Waals surface area contributed by atoms with Crippen LogP contribution in [0.5, 0.6) is 5.75 Å². The minimum absolute atomic E-state index is 0.0416. The average molecular weight is 304 g/mol. The van der Waals surface area contributed by atoms with Gasteiger partial charge in [-0.1, -0.05) is 22.9 Å². The Labute approximate surface area is 110 Å². The SMILES string of the molecule is COc1ccc(Br)cc1C(Cl)C(C)C1CC1. The molecule has 1 saturated carbocycles. The van der Waals surface area contributed by atoms with Crippen LogP contribution in [0.25, 0.3) is 0 Å². The van der Waals surface area contributed by atoms with Crippen LogP contribution in [0.2, 0.25) is 0 Å². The van der Waals surface area contributed by atoms with Crippen molar-refractivity contribution in [3.63, 3.8) is 0 Å². The predicted octanol–water partition coefficient (Wildman–Crippen LogP) is 4.78. The molecule has 0 bridgehead atoms. The monoisotopic (exact) mass is 302 g/mol. The van der Waals surface area contributed by atoms with E-state index in [1.807, 2.05) is 12.1 Å². The Morgan fingerprint density at radius 3 is 2.69 bits per heavy atom. The van der Waals surface area contributed by atoms with Crippen molar-refractivity contribution in [2.24, 2.45) is 11.8 Å². The molecule has 0 aromatic heterocycles. The lowest BCUT2D eigenvalue weighted by atomic mass is 9.95. The molecule has 2 unspecified atom stereocenters. The van der Waals surface area contributed by atoms with E-state index < -0.39 is 0 Å². The fourth-order valence-corrected chi connectivity index (χ4v) is 2.82. The molecule has 0 amide bonds. The van der Waals surface area contributed by atoms with Crippen molar-refractivity contribution in [3.8, 4) is 5.75 Å². The van der Waals surface area contributed by atoms with Crippen LogP contribution >= 0.6 is 27.5 Å². The Balaban J connectivity index is 2.26. The summed E-state index contributed by atoms with van der Waals surface area (Å²) in [6.07, 6.45) is 2.64. The molecule has 1 fully saturated rings. The van der Waals surface area contributed by atoms with Crippen molar-refractivity contribution in [2.45, 2.75) is 25.1 Å². The van der Waals surface area contributed by atoms with Gasteiger partial charge in [0.15, 0.2) is 0 Å². The summed E-state index contributed by atoms with van der Waals surface area (Å²) in [6.45, 7) is 2.23. The van der Waals surface area contributed by atoms with E-state index in [1.54, 1.807) is 7.11 Å². The highest BCUT2D eigenvalue weighted by atomic mass is 79.9. The topological polar surface area (TPSA) is 9.23 Å². The van der Waals surface area contributed by atoms with Gasteiger partial charge in [0.25, 0.3) is 0 Å². The number of halogens is 2. The van der Waals surface area contributed by atoms with E-state index in [9.17, 15) is 0 Å². The summed E-state index contributed by atoms with van der Waals surface area (Å²) in [7, 11) is 1.69. The van der Waals surface area contributed by atoms with Crippen molar-refractivity contribution in [2.75, 3.05) is 7.11 Å². The van der Waals surface area contributed by atoms with E-state index in [0.29, 0.717) is 5.92 Å². The van der Waals surface area contributed by atoms with Crippen LogP contribution < -0.4 is 4.74 Å². The van der Waals surface area contributed by atoms with Gasteiger partial charge in [-0.3, -0.25) is 0 Å². The van der Waals surface area contributed by atoms with Crippen molar-refractivity contribution in [1.29, 1.82) is 0 Å². The molecule has 1 nitrogen and oxygen atoms in total. The number of alkyl halides is 1. The lowest BCUT2D eigenvalue weighted by Gasteiger charge is -2.20. The van der Waals surface area contributed by atoms with Gasteiger partial charge < -0.3 is 4.74 Å². The third-order valence-corrected chi connectivity index (χ3v) is 4.44. The molecule has 1 aliphatic rings. The number of benzene rings is 1. The molecule has 2 atom stereocenters. The van der Waals surface area contributed by atoms with Crippen LogP contribution in [0.3, 0.4) is 0 Å². The molecule has 0 N–H and O–H groups in total. The fourth-order valence-electron chi connectivity index (χ4n) is 2.06. The Morgan fingerprint density at radius 1 is 1.44 bits per heavy atom. The largest absolute Gasteiger partial charge is 0.496 e. The highest BCUT2D eigenvalue weighted by Gasteiger charge is 2.34. The predicted molar refractivity (Wildman–Crippen MR) is 71.2 cm³/mol. The van der Waals surface area contributed by atoms with Gasteiger partial charge in [-0.15, -0.1) is 11.6 Å². The first kappa shape index (κ1) is 12.3. The van der Waals surface area contributed by atoms with Gasteiger partial charge in [0.2, 0.25) is 0 Å². The average Bonchev–Trinajstić information content (AvgIpc) is 3.11. The van der Waals surface area contributed by atoms with Gasteiger partial charge in [-0.25, -0.2) is 0 Å². The van der Waals surface area contributed by atoms with Gasteiger partial charge in [-0.05, 0) is 42.9 Å². The number of hydrogen-bond acceptors (Lipinski definition) is 1. The highest BCUT2D eigenvalue weighted by Crippen LogP contribution is 2.47. The van der Waals surface area contributed by atoms with Crippen LogP contribution in [0.15, 0.2) is 22.7 Å². The summed E-state index contributed by atoms with van der Waals surface area (Å²) >= 11 is 10.0. The van der Waals surface area contributed by atoms with Crippen LogP contribution in [-0.4, -0.2) is 7.11 Å². The summed E-state index contributed by atoms with van der Waals surface area (Å²) in [4.78, 5) is 0. The second kappa shape index (κ2) is 4.97. The van der Waals surface area contributed by atoms with E-state index in [1.165, 1.54) is 12.8 Å².